The second-order valence-electron chi connectivity index (χ2n) is 9.01. The molecule has 1 fully saturated rings. The number of benzene rings is 2. The normalized spacial score (nSPS) is 16.2. The largest absolute Gasteiger partial charge is 0.438 e. The highest BCUT2D eigenvalue weighted by Gasteiger charge is 2.31. The molecule has 1 aromatic heterocycles. The predicted octanol–water partition coefficient (Wildman–Crippen LogP) is 5.23. The molecule has 0 saturated carbocycles. The molecule has 3 aromatic rings. The summed E-state index contributed by atoms with van der Waals surface area (Å²) in [5.74, 6) is -1.11. The summed E-state index contributed by atoms with van der Waals surface area (Å²) in [6.45, 7) is 4.59. The number of carbonyl (C=O) groups is 1. The number of amides is 1. The van der Waals surface area contributed by atoms with Crippen LogP contribution in [0.4, 0.5) is 14.7 Å². The second kappa shape index (κ2) is 9.98. The molecule has 0 unspecified atom stereocenters. The van der Waals surface area contributed by atoms with Gasteiger partial charge in [0.25, 0.3) is 0 Å². The molecule has 2 aliphatic heterocycles. The van der Waals surface area contributed by atoms with Crippen molar-refractivity contribution in [3.63, 3.8) is 0 Å². The molecule has 0 aliphatic carbocycles. The van der Waals surface area contributed by atoms with E-state index in [1.54, 1.807) is 0 Å². The average Bonchev–Trinajstić information content (AvgIpc) is 3.42. The van der Waals surface area contributed by atoms with Gasteiger partial charge < -0.3 is 14.5 Å². The Morgan fingerprint density at radius 2 is 1.80 bits per heavy atom. The number of fused-ring (bicyclic) bond motifs is 1. The molecule has 2 aromatic carbocycles. The van der Waals surface area contributed by atoms with Gasteiger partial charge in [0.05, 0.1) is 23.7 Å². The van der Waals surface area contributed by atoms with Crippen molar-refractivity contribution in [3.05, 3.63) is 77.0 Å². The van der Waals surface area contributed by atoms with Crippen molar-refractivity contribution < 1.29 is 18.3 Å². The highest BCUT2D eigenvalue weighted by atomic mass is 19.2. The van der Waals surface area contributed by atoms with Crippen molar-refractivity contribution in [2.45, 2.75) is 45.1 Å². The molecule has 0 spiro atoms. The van der Waals surface area contributed by atoms with Crippen LogP contribution in [-0.4, -0.2) is 40.4 Å². The Kier molecular flexibility index (Phi) is 6.61. The topological polar surface area (TPSA) is 58.6 Å². The molecule has 8 heteroatoms. The first-order valence-corrected chi connectivity index (χ1v) is 12.1. The third-order valence-electron chi connectivity index (χ3n) is 6.72. The van der Waals surface area contributed by atoms with Crippen LogP contribution in [0.25, 0.3) is 0 Å². The van der Waals surface area contributed by atoms with Crippen molar-refractivity contribution in [1.82, 2.24) is 14.9 Å². The van der Waals surface area contributed by atoms with Crippen LogP contribution in [-0.2, 0) is 17.8 Å². The van der Waals surface area contributed by atoms with Crippen LogP contribution in [0.15, 0.2) is 48.5 Å². The molecule has 2 aliphatic rings. The van der Waals surface area contributed by atoms with Crippen LogP contribution >= 0.6 is 0 Å². The molecule has 5 rings (SSSR count). The number of carbonyl (C=O) groups excluding carboxylic acids is 1. The Bertz CT molecular complexity index is 1220. The first-order chi connectivity index (χ1) is 17.0. The van der Waals surface area contributed by atoms with Crippen LogP contribution in [0.1, 0.15) is 48.9 Å². The Labute approximate surface area is 203 Å². The van der Waals surface area contributed by atoms with E-state index in [1.165, 1.54) is 6.07 Å². The minimum absolute atomic E-state index is 0.0479. The predicted molar refractivity (Wildman–Crippen MR) is 129 cm³/mol. The maximum atomic E-state index is 13.9. The van der Waals surface area contributed by atoms with E-state index in [0.717, 1.165) is 49.3 Å². The van der Waals surface area contributed by atoms with Gasteiger partial charge in [-0.3, -0.25) is 4.79 Å². The number of rotatable bonds is 6. The molecule has 1 amide bonds. The number of nitrogens with zero attached hydrogens (tertiary/aromatic N) is 4. The zero-order valence-electron chi connectivity index (χ0n) is 19.7. The molecule has 1 atom stereocenters. The van der Waals surface area contributed by atoms with Crippen molar-refractivity contribution in [2.75, 3.05) is 24.5 Å². The summed E-state index contributed by atoms with van der Waals surface area (Å²) in [5, 5.41) is 0. The van der Waals surface area contributed by atoms with Gasteiger partial charge in [-0.25, -0.2) is 13.8 Å². The quantitative estimate of drug-likeness (QED) is 0.486. The van der Waals surface area contributed by atoms with Crippen LogP contribution < -0.4 is 9.64 Å². The minimum atomic E-state index is -0.990. The standard InChI is InChI=1S/C27H28F2N4O2/c1-2-20(18-8-4-3-5-9-18)26(34)33-15-12-24-21(17-33)25(31-27(30-24)32-13-6-7-14-32)35-19-10-11-22(28)23(29)16-19/h3-5,8-11,16,20H,2,6-7,12-15,17H2,1H3/t20-/m0/s1. The molecule has 3 heterocycles. The number of hydrogen-bond acceptors (Lipinski definition) is 5. The van der Waals surface area contributed by atoms with Gasteiger partial charge in [0, 0.05) is 32.1 Å². The molecule has 35 heavy (non-hydrogen) atoms. The maximum Gasteiger partial charge on any atom is 0.230 e. The molecule has 0 N–H and O–H groups in total. The van der Waals surface area contributed by atoms with E-state index in [1.807, 2.05) is 42.2 Å². The fourth-order valence-electron chi connectivity index (χ4n) is 4.81. The lowest BCUT2D eigenvalue weighted by Crippen LogP contribution is -2.39. The summed E-state index contributed by atoms with van der Waals surface area (Å²) in [6, 6.07) is 13.2. The van der Waals surface area contributed by atoms with Gasteiger partial charge in [-0.15, -0.1) is 0 Å². The van der Waals surface area contributed by atoms with E-state index < -0.39 is 11.6 Å². The third-order valence-corrected chi connectivity index (χ3v) is 6.72. The number of aromatic nitrogens is 2. The summed E-state index contributed by atoms with van der Waals surface area (Å²) in [6.07, 6.45) is 3.40. The van der Waals surface area contributed by atoms with E-state index in [0.29, 0.717) is 37.4 Å². The van der Waals surface area contributed by atoms with E-state index >= 15 is 0 Å². The second-order valence-corrected chi connectivity index (χ2v) is 9.01. The van der Waals surface area contributed by atoms with E-state index in [4.69, 9.17) is 9.72 Å². The van der Waals surface area contributed by atoms with E-state index in [9.17, 15) is 13.6 Å². The fourth-order valence-corrected chi connectivity index (χ4v) is 4.81. The first-order valence-electron chi connectivity index (χ1n) is 12.1. The fraction of sp³-hybridized carbons (Fsp3) is 0.370. The maximum absolute atomic E-state index is 13.9. The molecule has 1 saturated heterocycles. The number of halogens is 2. The van der Waals surface area contributed by atoms with Crippen molar-refractivity contribution in [3.8, 4) is 11.6 Å². The highest BCUT2D eigenvalue weighted by molar-refractivity contribution is 5.84. The van der Waals surface area contributed by atoms with Gasteiger partial charge >= 0.3 is 0 Å². The van der Waals surface area contributed by atoms with E-state index in [-0.39, 0.29) is 23.5 Å². The van der Waals surface area contributed by atoms with Gasteiger partial charge in [-0.1, -0.05) is 37.3 Å². The summed E-state index contributed by atoms with van der Waals surface area (Å²) in [7, 11) is 0. The Hall–Kier alpha value is -3.55. The summed E-state index contributed by atoms with van der Waals surface area (Å²) < 4.78 is 33.3. The Morgan fingerprint density at radius 1 is 1.03 bits per heavy atom. The average molecular weight is 479 g/mol. The van der Waals surface area contributed by atoms with Gasteiger partial charge in [-0.05, 0) is 37.0 Å². The van der Waals surface area contributed by atoms with Gasteiger partial charge in [0.2, 0.25) is 17.7 Å². The summed E-state index contributed by atoms with van der Waals surface area (Å²) in [5.41, 5.74) is 2.53. The van der Waals surface area contributed by atoms with E-state index in [2.05, 4.69) is 9.88 Å². The smallest absolute Gasteiger partial charge is 0.230 e. The molecule has 182 valence electrons. The van der Waals surface area contributed by atoms with Crippen LogP contribution in [0.2, 0.25) is 0 Å². The minimum Gasteiger partial charge on any atom is -0.438 e. The van der Waals surface area contributed by atoms with Gasteiger partial charge in [0.15, 0.2) is 11.6 Å². The lowest BCUT2D eigenvalue weighted by molar-refractivity contribution is -0.133. The van der Waals surface area contributed by atoms with Crippen LogP contribution in [0, 0.1) is 11.6 Å². The summed E-state index contributed by atoms with van der Waals surface area (Å²) >= 11 is 0. The van der Waals surface area contributed by atoms with Crippen LogP contribution in [0.5, 0.6) is 11.6 Å². The number of hydrogen-bond donors (Lipinski definition) is 0. The molecular weight excluding hydrogens is 450 g/mol. The lowest BCUT2D eigenvalue weighted by atomic mass is 9.94. The number of ether oxygens (including phenoxy) is 1. The van der Waals surface area contributed by atoms with Crippen molar-refractivity contribution in [1.29, 1.82) is 0 Å². The van der Waals surface area contributed by atoms with Crippen molar-refractivity contribution >= 4 is 11.9 Å². The Balaban J connectivity index is 1.47. The lowest BCUT2D eigenvalue weighted by Gasteiger charge is -2.32. The van der Waals surface area contributed by atoms with Gasteiger partial charge in [-0.2, -0.15) is 4.98 Å². The zero-order valence-corrected chi connectivity index (χ0v) is 19.7. The van der Waals surface area contributed by atoms with Crippen LogP contribution in [0.3, 0.4) is 0 Å². The summed E-state index contributed by atoms with van der Waals surface area (Å²) in [4.78, 5) is 26.9. The number of anilines is 1. The zero-order chi connectivity index (χ0) is 24.4. The molecule has 0 bridgehead atoms. The molecular formula is C27H28F2N4O2. The third kappa shape index (κ3) is 4.83. The van der Waals surface area contributed by atoms with Crippen molar-refractivity contribution in [2.24, 2.45) is 0 Å². The molecule has 6 nitrogen and oxygen atoms in total. The highest BCUT2D eigenvalue weighted by Crippen LogP contribution is 2.34. The Morgan fingerprint density at radius 3 is 2.51 bits per heavy atom. The first kappa shape index (κ1) is 23.2. The monoisotopic (exact) mass is 478 g/mol. The van der Waals surface area contributed by atoms with Gasteiger partial charge in [0.1, 0.15) is 5.75 Å². The SMILES string of the molecule is CC[C@H](C(=O)N1CCc2nc(N3CCCC3)nc(Oc3ccc(F)c(F)c3)c2C1)c1ccccc1. The molecule has 0 radical (unpaired) electrons.